The number of carbonyl (C=O) groups excluding carboxylic acids is 1. The van der Waals surface area contributed by atoms with Gasteiger partial charge in [-0.15, -0.1) is 6.42 Å². The maximum Gasteiger partial charge on any atom is 0.256 e. The lowest BCUT2D eigenvalue weighted by molar-refractivity contribution is -0.129. The number of amides is 1. The molecule has 0 radical (unpaired) electrons. The van der Waals surface area contributed by atoms with Gasteiger partial charge in [0.2, 0.25) is 5.91 Å². The van der Waals surface area contributed by atoms with Crippen LogP contribution in [0.3, 0.4) is 0 Å². The van der Waals surface area contributed by atoms with Crippen LogP contribution in [-0.4, -0.2) is 35.2 Å². The molecule has 122 valence electrons. The van der Waals surface area contributed by atoms with Crippen LogP contribution in [-0.2, 0) is 4.79 Å². The quantitative estimate of drug-likeness (QED) is 0.502. The molecule has 1 unspecified atom stereocenters. The van der Waals surface area contributed by atoms with E-state index in [9.17, 15) is 13.6 Å². The van der Waals surface area contributed by atoms with Crippen molar-refractivity contribution < 1.29 is 18.3 Å². The average molecular weight is 449 g/mol. The number of halogens is 4. The second kappa shape index (κ2) is 7.93. The number of rotatable bonds is 5. The van der Waals surface area contributed by atoms with Crippen molar-refractivity contribution >= 4 is 43.5 Å². The summed E-state index contributed by atoms with van der Waals surface area (Å²) in [6, 6.07) is 5.09. The fraction of sp³-hybridized carbons (Fsp3) is 0.312. The smallest absolute Gasteiger partial charge is 0.256 e. The fourth-order valence-electron chi connectivity index (χ4n) is 2.21. The zero-order valence-corrected chi connectivity index (χ0v) is 15.1. The Bertz CT molecular complexity index is 671. The van der Waals surface area contributed by atoms with E-state index in [1.807, 2.05) is 0 Å². The first-order chi connectivity index (χ1) is 10.9. The third-order valence-electron chi connectivity index (χ3n) is 3.20. The van der Waals surface area contributed by atoms with Crippen LogP contribution in [0.15, 0.2) is 28.7 Å². The standard InChI is InChI=1S/C16H13Br2F2NO2/c1-2-7-23-10-3-4-11(13(18)8-10)14-6-5-12(17)16(22)21(14)9-15(19)20/h1,3-4,6,8,12,15H,5,7,9H2. The molecule has 0 aromatic heterocycles. The Hall–Kier alpha value is -1.39. The van der Waals surface area contributed by atoms with E-state index in [0.717, 1.165) is 4.90 Å². The minimum atomic E-state index is -2.61. The Morgan fingerprint density at radius 1 is 1.48 bits per heavy atom. The molecule has 1 heterocycles. The molecule has 23 heavy (non-hydrogen) atoms. The molecule has 1 amide bonds. The highest BCUT2D eigenvalue weighted by Crippen LogP contribution is 2.35. The molecule has 0 aliphatic carbocycles. The SMILES string of the molecule is C#CCOc1ccc(C2=CCC(Br)C(=O)N2CC(F)F)c(Br)c1. The minimum Gasteiger partial charge on any atom is -0.481 e. The van der Waals surface area contributed by atoms with E-state index in [0.29, 0.717) is 27.9 Å². The van der Waals surface area contributed by atoms with Crippen LogP contribution in [0.1, 0.15) is 12.0 Å². The molecule has 0 fully saturated rings. The Labute approximate surface area is 149 Å². The van der Waals surface area contributed by atoms with Gasteiger partial charge in [0.1, 0.15) is 12.4 Å². The molecule has 7 heteroatoms. The third-order valence-corrected chi connectivity index (χ3v) is 4.62. The van der Waals surface area contributed by atoms with Crippen molar-refractivity contribution in [3.63, 3.8) is 0 Å². The number of hydrogen-bond donors (Lipinski definition) is 0. The Kier molecular flexibility index (Phi) is 6.19. The normalized spacial score (nSPS) is 17.9. The van der Waals surface area contributed by atoms with Crippen LogP contribution in [0.5, 0.6) is 5.75 Å². The van der Waals surface area contributed by atoms with Crippen molar-refractivity contribution in [1.82, 2.24) is 4.90 Å². The lowest BCUT2D eigenvalue weighted by Gasteiger charge is -2.31. The molecule has 0 saturated carbocycles. The molecule has 1 aliphatic heterocycles. The summed E-state index contributed by atoms with van der Waals surface area (Å²) in [5.41, 5.74) is 1.10. The van der Waals surface area contributed by atoms with Crippen molar-refractivity contribution in [2.45, 2.75) is 17.7 Å². The van der Waals surface area contributed by atoms with Crippen LogP contribution in [0.2, 0.25) is 0 Å². The van der Waals surface area contributed by atoms with Gasteiger partial charge in [-0.2, -0.15) is 0 Å². The van der Waals surface area contributed by atoms with Gasteiger partial charge in [-0.3, -0.25) is 4.79 Å². The van der Waals surface area contributed by atoms with Crippen molar-refractivity contribution in [2.75, 3.05) is 13.2 Å². The summed E-state index contributed by atoms with van der Waals surface area (Å²) in [7, 11) is 0. The van der Waals surface area contributed by atoms with Crippen molar-refractivity contribution in [1.29, 1.82) is 0 Å². The van der Waals surface area contributed by atoms with Crippen LogP contribution in [0, 0.1) is 12.3 Å². The Balaban J connectivity index is 2.34. The topological polar surface area (TPSA) is 29.5 Å². The van der Waals surface area contributed by atoms with E-state index in [-0.39, 0.29) is 12.5 Å². The lowest BCUT2D eigenvalue weighted by atomic mass is 10.0. The van der Waals surface area contributed by atoms with Gasteiger partial charge >= 0.3 is 0 Å². The number of benzene rings is 1. The Morgan fingerprint density at radius 3 is 2.83 bits per heavy atom. The molecular formula is C16H13Br2F2NO2. The van der Waals surface area contributed by atoms with E-state index in [1.54, 1.807) is 24.3 Å². The molecule has 0 bridgehead atoms. The molecule has 0 saturated heterocycles. The fourth-order valence-corrected chi connectivity index (χ4v) is 3.21. The molecule has 1 atom stereocenters. The largest absolute Gasteiger partial charge is 0.481 e. The summed E-state index contributed by atoms with van der Waals surface area (Å²) in [5.74, 6) is 2.55. The summed E-state index contributed by atoms with van der Waals surface area (Å²) >= 11 is 6.61. The van der Waals surface area contributed by atoms with E-state index < -0.39 is 17.8 Å². The van der Waals surface area contributed by atoms with Gasteiger partial charge in [-0.05, 0) is 40.5 Å². The van der Waals surface area contributed by atoms with E-state index >= 15 is 0 Å². The third kappa shape index (κ3) is 4.33. The first-order valence-corrected chi connectivity index (χ1v) is 8.45. The lowest BCUT2D eigenvalue weighted by Crippen LogP contribution is -2.41. The van der Waals surface area contributed by atoms with Crippen LogP contribution >= 0.6 is 31.9 Å². The summed E-state index contributed by atoms with van der Waals surface area (Å²) in [4.78, 5) is 12.8. The van der Waals surface area contributed by atoms with Crippen molar-refractivity contribution in [3.8, 4) is 18.1 Å². The molecular weight excluding hydrogens is 436 g/mol. The van der Waals surface area contributed by atoms with Crippen molar-refractivity contribution in [2.24, 2.45) is 0 Å². The molecule has 1 aromatic carbocycles. The first-order valence-electron chi connectivity index (χ1n) is 6.74. The number of carbonyl (C=O) groups is 1. The van der Waals surface area contributed by atoms with Gasteiger partial charge in [0, 0.05) is 15.7 Å². The monoisotopic (exact) mass is 447 g/mol. The predicted molar refractivity (Wildman–Crippen MR) is 91.5 cm³/mol. The van der Waals surface area contributed by atoms with Gasteiger partial charge in [-0.1, -0.05) is 27.9 Å². The summed E-state index contributed by atoms with van der Waals surface area (Å²) in [5, 5.41) is 0. The molecule has 0 N–H and O–H groups in total. The maximum absolute atomic E-state index is 12.8. The zero-order chi connectivity index (χ0) is 17.0. The van der Waals surface area contributed by atoms with Crippen molar-refractivity contribution in [3.05, 3.63) is 34.3 Å². The second-order valence-electron chi connectivity index (χ2n) is 4.77. The summed E-state index contributed by atoms with van der Waals surface area (Å²) in [6.45, 7) is -0.510. The van der Waals surface area contributed by atoms with E-state index in [2.05, 4.69) is 37.8 Å². The van der Waals surface area contributed by atoms with E-state index in [4.69, 9.17) is 11.2 Å². The highest BCUT2D eigenvalue weighted by Gasteiger charge is 2.31. The first kappa shape index (κ1) is 18.0. The number of allylic oxidation sites excluding steroid dienone is 1. The van der Waals surface area contributed by atoms with Gasteiger partial charge < -0.3 is 9.64 Å². The molecule has 2 rings (SSSR count). The number of ether oxygens (including phenoxy) is 1. The summed E-state index contributed by atoms with van der Waals surface area (Å²) < 4.78 is 31.6. The second-order valence-corrected chi connectivity index (χ2v) is 6.73. The number of nitrogens with zero attached hydrogens (tertiary/aromatic N) is 1. The molecule has 1 aliphatic rings. The van der Waals surface area contributed by atoms with E-state index in [1.165, 1.54) is 0 Å². The van der Waals surface area contributed by atoms with Crippen LogP contribution < -0.4 is 4.74 Å². The molecule has 3 nitrogen and oxygen atoms in total. The number of hydrogen-bond acceptors (Lipinski definition) is 2. The van der Waals surface area contributed by atoms with Gasteiger partial charge in [0.25, 0.3) is 6.43 Å². The minimum absolute atomic E-state index is 0.135. The van der Waals surface area contributed by atoms with Crippen LogP contribution in [0.4, 0.5) is 8.78 Å². The number of alkyl halides is 3. The van der Waals surface area contributed by atoms with Gasteiger partial charge in [0.15, 0.2) is 0 Å². The highest BCUT2D eigenvalue weighted by atomic mass is 79.9. The zero-order valence-electron chi connectivity index (χ0n) is 11.9. The molecule has 1 aromatic rings. The van der Waals surface area contributed by atoms with Crippen LogP contribution in [0.25, 0.3) is 5.70 Å². The Morgan fingerprint density at radius 2 is 2.22 bits per heavy atom. The molecule has 0 spiro atoms. The maximum atomic E-state index is 12.8. The van der Waals surface area contributed by atoms with Gasteiger partial charge in [0.05, 0.1) is 11.4 Å². The predicted octanol–water partition coefficient (Wildman–Crippen LogP) is 4.06. The highest BCUT2D eigenvalue weighted by molar-refractivity contribution is 9.10. The summed E-state index contributed by atoms with van der Waals surface area (Å²) in [6.07, 6.45) is 4.73. The number of terminal acetylenes is 1. The average Bonchev–Trinajstić information content (AvgIpc) is 2.50. The van der Waals surface area contributed by atoms with Gasteiger partial charge in [-0.25, -0.2) is 8.78 Å².